The number of hydrogen-bond donors (Lipinski definition) is 0. The van der Waals surface area contributed by atoms with Crippen LogP contribution in [0.15, 0.2) is 10.7 Å². The summed E-state index contributed by atoms with van der Waals surface area (Å²) in [5, 5.41) is 0. The van der Waals surface area contributed by atoms with Gasteiger partial charge >= 0.3 is 0 Å². The summed E-state index contributed by atoms with van der Waals surface area (Å²) in [5.74, 6) is 0.324. The van der Waals surface area contributed by atoms with Crippen molar-refractivity contribution in [3.05, 3.63) is 21.9 Å². The Balaban J connectivity index is 0.000000573. The summed E-state index contributed by atoms with van der Waals surface area (Å²) in [6.45, 7) is 5.46. The molecule has 0 aromatic carbocycles. The molecule has 19 heavy (non-hydrogen) atoms. The Morgan fingerprint density at radius 3 is 2.53 bits per heavy atom. The van der Waals surface area contributed by atoms with Gasteiger partial charge in [0.25, 0.3) is 0 Å². The Kier molecular flexibility index (Phi) is 7.78. The third-order valence-electron chi connectivity index (χ3n) is 2.12. The molecule has 0 bridgehead atoms. The van der Waals surface area contributed by atoms with Crippen LogP contribution < -0.4 is 4.74 Å². The number of fused-ring (bicyclic) bond motifs is 1. The SMILES string of the molecule is CC.COC.Cc1cc2c(c(Br)n1)OCC2(F)C=O. The molecule has 0 fully saturated rings. The fourth-order valence-corrected chi connectivity index (χ4v) is 2.03. The predicted molar refractivity (Wildman–Crippen MR) is 75.3 cm³/mol. The van der Waals surface area contributed by atoms with Crippen LogP contribution in [-0.4, -0.2) is 32.1 Å². The molecule has 1 aromatic rings. The smallest absolute Gasteiger partial charge is 0.227 e. The van der Waals surface area contributed by atoms with Gasteiger partial charge in [0.2, 0.25) is 5.67 Å². The number of ether oxygens (including phenoxy) is 2. The van der Waals surface area contributed by atoms with Crippen LogP contribution in [0.4, 0.5) is 4.39 Å². The highest BCUT2D eigenvalue weighted by atomic mass is 79.9. The molecule has 4 nitrogen and oxygen atoms in total. The van der Waals surface area contributed by atoms with Crippen molar-refractivity contribution in [2.24, 2.45) is 0 Å². The number of carbonyl (C=O) groups is 1. The number of pyridine rings is 1. The second kappa shape index (κ2) is 8.22. The number of alkyl halides is 1. The summed E-state index contributed by atoms with van der Waals surface area (Å²) in [6, 6.07) is 1.53. The van der Waals surface area contributed by atoms with Crippen molar-refractivity contribution < 1.29 is 18.7 Å². The molecule has 6 heteroatoms. The number of methoxy groups -OCH3 is 1. The fourth-order valence-electron chi connectivity index (χ4n) is 1.42. The van der Waals surface area contributed by atoms with E-state index >= 15 is 0 Å². The summed E-state index contributed by atoms with van der Waals surface area (Å²) in [5.41, 5.74) is -1.12. The lowest BCUT2D eigenvalue weighted by atomic mass is 10.0. The van der Waals surface area contributed by atoms with Crippen molar-refractivity contribution in [2.45, 2.75) is 26.4 Å². The quantitative estimate of drug-likeness (QED) is 0.584. The average Bonchev–Trinajstić information content (AvgIpc) is 2.72. The minimum Gasteiger partial charge on any atom is -0.486 e. The van der Waals surface area contributed by atoms with E-state index in [-0.39, 0.29) is 18.5 Å². The van der Waals surface area contributed by atoms with Crippen molar-refractivity contribution >= 4 is 22.2 Å². The van der Waals surface area contributed by atoms with Gasteiger partial charge in [-0.2, -0.15) is 0 Å². The van der Waals surface area contributed by atoms with E-state index in [1.54, 1.807) is 21.1 Å². The van der Waals surface area contributed by atoms with Gasteiger partial charge in [0.15, 0.2) is 12.0 Å². The summed E-state index contributed by atoms with van der Waals surface area (Å²) in [7, 11) is 3.25. The zero-order valence-corrected chi connectivity index (χ0v) is 13.4. The molecule has 1 aliphatic heterocycles. The molecule has 0 spiro atoms. The second-order valence-corrected chi connectivity index (χ2v) is 4.36. The van der Waals surface area contributed by atoms with E-state index in [4.69, 9.17) is 4.74 Å². The normalized spacial score (nSPS) is 19.1. The van der Waals surface area contributed by atoms with Crippen molar-refractivity contribution in [3.8, 4) is 5.75 Å². The summed E-state index contributed by atoms with van der Waals surface area (Å²) in [4.78, 5) is 14.7. The lowest BCUT2D eigenvalue weighted by Crippen LogP contribution is -2.23. The van der Waals surface area contributed by atoms with E-state index in [9.17, 15) is 9.18 Å². The maximum Gasteiger partial charge on any atom is 0.227 e. The van der Waals surface area contributed by atoms with E-state index in [0.29, 0.717) is 16.0 Å². The van der Waals surface area contributed by atoms with E-state index in [0.717, 1.165) is 0 Å². The summed E-state index contributed by atoms with van der Waals surface area (Å²) in [6.07, 6.45) is 0.269. The molecule has 1 aromatic heterocycles. The molecule has 0 N–H and O–H groups in total. The van der Waals surface area contributed by atoms with Gasteiger partial charge in [-0.25, -0.2) is 9.37 Å². The van der Waals surface area contributed by atoms with Crippen LogP contribution in [0.3, 0.4) is 0 Å². The number of aldehydes is 1. The molecular weight excluding hydrogens is 317 g/mol. The van der Waals surface area contributed by atoms with Gasteiger partial charge in [-0.15, -0.1) is 0 Å². The average molecular weight is 336 g/mol. The third-order valence-corrected chi connectivity index (χ3v) is 2.66. The zero-order valence-electron chi connectivity index (χ0n) is 11.8. The monoisotopic (exact) mass is 335 g/mol. The van der Waals surface area contributed by atoms with E-state index in [1.807, 2.05) is 13.8 Å². The van der Waals surface area contributed by atoms with Gasteiger partial charge in [0.1, 0.15) is 11.2 Å². The van der Waals surface area contributed by atoms with E-state index in [1.165, 1.54) is 6.07 Å². The first kappa shape index (κ1) is 18.0. The van der Waals surface area contributed by atoms with Gasteiger partial charge in [0, 0.05) is 25.5 Å². The highest BCUT2D eigenvalue weighted by Crippen LogP contribution is 2.42. The van der Waals surface area contributed by atoms with Crippen LogP contribution in [0.25, 0.3) is 0 Å². The lowest BCUT2D eigenvalue weighted by molar-refractivity contribution is -0.118. The van der Waals surface area contributed by atoms with Crippen molar-refractivity contribution in [2.75, 3.05) is 20.8 Å². The number of aryl methyl sites for hydroxylation is 1. The number of aromatic nitrogens is 1. The predicted octanol–water partition coefficient (Wildman–Crippen LogP) is 3.20. The van der Waals surface area contributed by atoms with Crippen molar-refractivity contribution in [1.29, 1.82) is 0 Å². The minimum absolute atomic E-state index is 0.256. The van der Waals surface area contributed by atoms with Gasteiger partial charge in [-0.3, -0.25) is 4.79 Å². The van der Waals surface area contributed by atoms with Crippen LogP contribution in [0.5, 0.6) is 5.75 Å². The number of carbonyl (C=O) groups excluding carboxylic acids is 1. The number of rotatable bonds is 1. The lowest BCUT2D eigenvalue weighted by Gasteiger charge is -2.09. The van der Waals surface area contributed by atoms with Crippen LogP contribution in [0.2, 0.25) is 0 Å². The summed E-state index contributed by atoms with van der Waals surface area (Å²) >= 11 is 3.16. The number of halogens is 2. The Morgan fingerprint density at radius 2 is 2.05 bits per heavy atom. The van der Waals surface area contributed by atoms with Crippen LogP contribution in [-0.2, 0) is 15.2 Å². The molecule has 1 atom stereocenters. The Bertz CT molecular complexity index is 429. The topological polar surface area (TPSA) is 48.4 Å². The van der Waals surface area contributed by atoms with E-state index < -0.39 is 5.67 Å². The number of hydrogen-bond acceptors (Lipinski definition) is 4. The highest BCUT2D eigenvalue weighted by Gasteiger charge is 2.42. The molecular formula is C13H19BrFNO3. The summed E-state index contributed by atoms with van der Waals surface area (Å²) < 4.78 is 23.6. The van der Waals surface area contributed by atoms with Crippen LogP contribution in [0, 0.1) is 6.92 Å². The third kappa shape index (κ3) is 4.24. The van der Waals surface area contributed by atoms with Gasteiger partial charge in [-0.1, -0.05) is 13.8 Å². The molecule has 0 saturated carbocycles. The molecule has 0 radical (unpaired) electrons. The zero-order chi connectivity index (χ0) is 15.1. The van der Waals surface area contributed by atoms with Crippen LogP contribution >= 0.6 is 15.9 Å². The van der Waals surface area contributed by atoms with Crippen molar-refractivity contribution in [1.82, 2.24) is 4.98 Å². The maximum absolute atomic E-state index is 13.9. The second-order valence-electron chi connectivity index (χ2n) is 3.61. The minimum atomic E-state index is -2.02. The largest absolute Gasteiger partial charge is 0.486 e. The maximum atomic E-state index is 13.9. The molecule has 2 heterocycles. The Labute approximate surface area is 121 Å². The van der Waals surface area contributed by atoms with Gasteiger partial charge in [0.05, 0.1) is 0 Å². The molecule has 1 aliphatic rings. The standard InChI is InChI=1S/C9H7BrFNO2.C2H6O.C2H6/c1-5-2-6-7(8(10)12-5)14-4-9(6,11)3-13;1-3-2;1-2/h2-3H,4H2,1H3;1-2H3;1-2H3. The van der Waals surface area contributed by atoms with Gasteiger partial charge < -0.3 is 9.47 Å². The molecule has 1 unspecified atom stereocenters. The first-order valence-corrected chi connectivity index (χ1v) is 6.63. The molecule has 2 rings (SSSR count). The fraction of sp³-hybridized carbons (Fsp3) is 0.538. The molecule has 0 saturated heterocycles. The van der Waals surface area contributed by atoms with Gasteiger partial charge in [-0.05, 0) is 28.9 Å². The van der Waals surface area contributed by atoms with Crippen LogP contribution in [0.1, 0.15) is 25.1 Å². The molecule has 0 aliphatic carbocycles. The van der Waals surface area contributed by atoms with Crippen molar-refractivity contribution in [3.63, 3.8) is 0 Å². The molecule has 108 valence electrons. The highest BCUT2D eigenvalue weighted by molar-refractivity contribution is 9.10. The first-order valence-electron chi connectivity index (χ1n) is 5.84. The Hall–Kier alpha value is -1.01. The first-order chi connectivity index (χ1) is 8.98. The van der Waals surface area contributed by atoms with E-state index in [2.05, 4.69) is 25.7 Å². The Morgan fingerprint density at radius 1 is 1.53 bits per heavy atom. The number of nitrogens with zero attached hydrogens (tertiary/aromatic N) is 1. The molecule has 0 amide bonds.